The zero-order chi connectivity index (χ0) is 18.7. The van der Waals surface area contributed by atoms with Crippen LogP contribution in [-0.2, 0) is 6.18 Å². The molecule has 1 aromatic heterocycles. The van der Waals surface area contributed by atoms with Gasteiger partial charge >= 0.3 is 6.18 Å². The Labute approximate surface area is 146 Å². The minimum absolute atomic E-state index is 0.0544. The molecule has 1 heterocycles. The number of aromatic nitrogens is 3. The Morgan fingerprint density at radius 2 is 1.96 bits per heavy atom. The fourth-order valence-corrected chi connectivity index (χ4v) is 2.37. The predicted octanol–water partition coefficient (Wildman–Crippen LogP) is 3.55. The van der Waals surface area contributed by atoms with Crippen LogP contribution in [0, 0.1) is 0 Å². The Morgan fingerprint density at radius 3 is 2.62 bits per heavy atom. The van der Waals surface area contributed by atoms with Crippen molar-refractivity contribution in [2.75, 3.05) is 12.4 Å². The van der Waals surface area contributed by atoms with Gasteiger partial charge in [-0.2, -0.15) is 18.3 Å². The van der Waals surface area contributed by atoms with Gasteiger partial charge in [0, 0.05) is 0 Å². The Kier molecular flexibility index (Phi) is 4.61. The first-order chi connectivity index (χ1) is 12.4. The molecule has 1 N–H and O–H groups in total. The summed E-state index contributed by atoms with van der Waals surface area (Å²) in [6.45, 7) is 0. The average Bonchev–Trinajstić information content (AvgIpc) is 3.15. The van der Waals surface area contributed by atoms with E-state index in [-0.39, 0.29) is 16.9 Å². The summed E-state index contributed by atoms with van der Waals surface area (Å²) in [4.78, 5) is 16.3. The van der Waals surface area contributed by atoms with Gasteiger partial charge in [-0.05, 0) is 30.3 Å². The molecule has 0 spiro atoms. The molecule has 3 rings (SSSR count). The van der Waals surface area contributed by atoms with Crippen molar-refractivity contribution >= 4 is 11.6 Å². The molecular formula is C17H13F3N4O2. The van der Waals surface area contributed by atoms with Gasteiger partial charge in [0.2, 0.25) is 0 Å². The van der Waals surface area contributed by atoms with Crippen molar-refractivity contribution < 1.29 is 22.7 Å². The number of benzene rings is 2. The van der Waals surface area contributed by atoms with Crippen molar-refractivity contribution in [2.24, 2.45) is 0 Å². The maximum atomic E-state index is 13.1. The Balaban J connectivity index is 2.03. The number of rotatable bonds is 4. The summed E-state index contributed by atoms with van der Waals surface area (Å²) in [6, 6.07) is 9.38. The molecule has 0 radical (unpaired) electrons. The predicted molar refractivity (Wildman–Crippen MR) is 87.3 cm³/mol. The number of halogens is 3. The zero-order valence-corrected chi connectivity index (χ0v) is 13.5. The van der Waals surface area contributed by atoms with Crippen LogP contribution in [0.15, 0.2) is 55.1 Å². The molecule has 26 heavy (non-hydrogen) atoms. The normalized spacial score (nSPS) is 11.2. The largest absolute Gasteiger partial charge is 0.496 e. The quantitative estimate of drug-likeness (QED) is 0.771. The number of nitrogens with one attached hydrogen (secondary N) is 1. The highest BCUT2D eigenvalue weighted by atomic mass is 19.4. The number of hydrogen-bond donors (Lipinski definition) is 1. The van der Waals surface area contributed by atoms with Crippen LogP contribution in [0.25, 0.3) is 5.69 Å². The Bertz CT molecular complexity index is 924. The van der Waals surface area contributed by atoms with E-state index in [1.54, 1.807) is 18.2 Å². The molecule has 2 aromatic carbocycles. The van der Waals surface area contributed by atoms with Crippen LogP contribution in [-0.4, -0.2) is 27.8 Å². The van der Waals surface area contributed by atoms with E-state index in [0.717, 1.165) is 12.1 Å². The van der Waals surface area contributed by atoms with Crippen LogP contribution >= 0.6 is 0 Å². The van der Waals surface area contributed by atoms with Gasteiger partial charge in [-0.15, -0.1) is 0 Å². The SMILES string of the molecule is COc1ccccc1C(=O)Nc1cc(C(F)(F)F)ccc1-n1cncn1. The molecule has 0 atom stereocenters. The first-order valence-electron chi connectivity index (χ1n) is 7.41. The topological polar surface area (TPSA) is 69.0 Å². The first-order valence-corrected chi connectivity index (χ1v) is 7.41. The van der Waals surface area contributed by atoms with Crippen LogP contribution in [0.1, 0.15) is 15.9 Å². The summed E-state index contributed by atoms with van der Waals surface area (Å²) in [5.74, 6) is -0.303. The number of nitrogens with zero attached hydrogens (tertiary/aromatic N) is 3. The van der Waals surface area contributed by atoms with E-state index in [1.165, 1.54) is 36.6 Å². The lowest BCUT2D eigenvalue weighted by Gasteiger charge is -2.15. The van der Waals surface area contributed by atoms with E-state index >= 15 is 0 Å². The summed E-state index contributed by atoms with van der Waals surface area (Å²) in [5, 5.41) is 6.40. The van der Waals surface area contributed by atoms with Crippen molar-refractivity contribution in [3.8, 4) is 11.4 Å². The van der Waals surface area contributed by atoms with Crippen LogP contribution in [0.5, 0.6) is 5.75 Å². The zero-order valence-electron chi connectivity index (χ0n) is 13.5. The Morgan fingerprint density at radius 1 is 1.19 bits per heavy atom. The molecule has 1 amide bonds. The van der Waals surface area contributed by atoms with Gasteiger partial charge in [0.05, 0.1) is 29.6 Å². The number of carbonyl (C=O) groups is 1. The maximum absolute atomic E-state index is 13.1. The van der Waals surface area contributed by atoms with E-state index in [0.29, 0.717) is 5.75 Å². The maximum Gasteiger partial charge on any atom is 0.416 e. The van der Waals surface area contributed by atoms with Crippen molar-refractivity contribution in [2.45, 2.75) is 6.18 Å². The summed E-state index contributed by atoms with van der Waals surface area (Å²) in [6.07, 6.45) is -1.99. The minimum Gasteiger partial charge on any atom is -0.496 e. The highest BCUT2D eigenvalue weighted by Crippen LogP contribution is 2.33. The monoisotopic (exact) mass is 362 g/mol. The molecule has 0 aliphatic heterocycles. The molecule has 0 aliphatic carbocycles. The van der Waals surface area contributed by atoms with Crippen molar-refractivity contribution in [1.29, 1.82) is 0 Å². The molecule has 0 saturated carbocycles. The van der Waals surface area contributed by atoms with Gasteiger partial charge < -0.3 is 10.1 Å². The van der Waals surface area contributed by atoms with Gasteiger partial charge in [-0.3, -0.25) is 4.79 Å². The van der Waals surface area contributed by atoms with E-state index < -0.39 is 17.6 Å². The number of hydrogen-bond acceptors (Lipinski definition) is 4. The highest BCUT2D eigenvalue weighted by Gasteiger charge is 2.31. The number of methoxy groups -OCH3 is 1. The molecule has 0 bridgehead atoms. The Hall–Kier alpha value is -3.36. The van der Waals surface area contributed by atoms with Crippen molar-refractivity contribution in [1.82, 2.24) is 14.8 Å². The summed E-state index contributed by atoms with van der Waals surface area (Å²) in [7, 11) is 1.40. The van der Waals surface area contributed by atoms with E-state index in [2.05, 4.69) is 15.4 Å². The van der Waals surface area contributed by atoms with Crippen LogP contribution in [0.4, 0.5) is 18.9 Å². The lowest BCUT2D eigenvalue weighted by atomic mass is 10.1. The molecular weight excluding hydrogens is 349 g/mol. The number of anilines is 1. The van der Waals surface area contributed by atoms with Gasteiger partial charge in [0.15, 0.2) is 0 Å². The average molecular weight is 362 g/mol. The minimum atomic E-state index is -4.55. The number of ether oxygens (including phenoxy) is 1. The fourth-order valence-electron chi connectivity index (χ4n) is 2.37. The molecule has 0 unspecified atom stereocenters. The lowest BCUT2D eigenvalue weighted by Crippen LogP contribution is -2.16. The molecule has 134 valence electrons. The highest BCUT2D eigenvalue weighted by molar-refractivity contribution is 6.07. The summed E-state index contributed by atoms with van der Waals surface area (Å²) in [5.41, 5.74) is -0.506. The molecule has 9 heteroatoms. The summed E-state index contributed by atoms with van der Waals surface area (Å²) < 4.78 is 45.5. The van der Waals surface area contributed by atoms with E-state index in [4.69, 9.17) is 4.74 Å². The fraction of sp³-hybridized carbons (Fsp3) is 0.118. The van der Waals surface area contributed by atoms with Gasteiger partial charge in [0.1, 0.15) is 18.4 Å². The third-order valence-corrected chi connectivity index (χ3v) is 3.59. The third-order valence-electron chi connectivity index (χ3n) is 3.59. The van der Waals surface area contributed by atoms with E-state index in [1.807, 2.05) is 0 Å². The molecule has 0 saturated heterocycles. The van der Waals surface area contributed by atoms with Crippen LogP contribution in [0.2, 0.25) is 0 Å². The smallest absolute Gasteiger partial charge is 0.416 e. The molecule has 6 nitrogen and oxygen atoms in total. The van der Waals surface area contributed by atoms with Crippen molar-refractivity contribution in [3.05, 3.63) is 66.2 Å². The molecule has 0 aliphatic rings. The number of alkyl halides is 3. The number of amides is 1. The number of para-hydroxylation sites is 1. The molecule has 0 fully saturated rings. The third kappa shape index (κ3) is 3.51. The lowest BCUT2D eigenvalue weighted by molar-refractivity contribution is -0.137. The summed E-state index contributed by atoms with van der Waals surface area (Å²) >= 11 is 0. The van der Waals surface area contributed by atoms with Crippen LogP contribution < -0.4 is 10.1 Å². The van der Waals surface area contributed by atoms with Crippen molar-refractivity contribution in [3.63, 3.8) is 0 Å². The second-order valence-electron chi connectivity index (χ2n) is 5.22. The second kappa shape index (κ2) is 6.87. The molecule has 3 aromatic rings. The van der Waals surface area contributed by atoms with E-state index in [9.17, 15) is 18.0 Å². The van der Waals surface area contributed by atoms with Gasteiger partial charge in [-0.25, -0.2) is 9.67 Å². The first kappa shape index (κ1) is 17.5. The second-order valence-corrected chi connectivity index (χ2v) is 5.22. The van der Waals surface area contributed by atoms with Gasteiger partial charge in [-0.1, -0.05) is 12.1 Å². The van der Waals surface area contributed by atoms with Crippen LogP contribution in [0.3, 0.4) is 0 Å². The number of carbonyl (C=O) groups excluding carboxylic acids is 1. The standard InChI is InChI=1S/C17H13F3N4O2/c1-26-15-5-3-2-4-12(15)16(25)23-13-8-11(17(18,19)20)6-7-14(13)24-10-21-9-22-24/h2-10H,1H3,(H,23,25). The van der Waals surface area contributed by atoms with Gasteiger partial charge in [0.25, 0.3) is 5.91 Å².